The van der Waals surface area contributed by atoms with Crippen molar-refractivity contribution in [2.75, 3.05) is 13.1 Å². The average Bonchev–Trinajstić information content (AvgIpc) is 3.35. The van der Waals surface area contributed by atoms with Gasteiger partial charge in [0, 0.05) is 49.2 Å². The van der Waals surface area contributed by atoms with Gasteiger partial charge in [0.2, 0.25) is 0 Å². The van der Waals surface area contributed by atoms with Crippen molar-refractivity contribution >= 4 is 23.2 Å². The van der Waals surface area contributed by atoms with Gasteiger partial charge >= 0.3 is 0 Å². The highest BCUT2D eigenvalue weighted by atomic mass is 35.5. The van der Waals surface area contributed by atoms with Gasteiger partial charge in [-0.15, -0.1) is 0 Å². The number of likely N-dealkylation sites (tertiary alicyclic amines) is 1. The Morgan fingerprint density at radius 2 is 1.83 bits per heavy atom. The molecule has 4 heterocycles. The summed E-state index contributed by atoms with van der Waals surface area (Å²) in [6.07, 6.45) is 7.33. The maximum absolute atomic E-state index is 13.3. The summed E-state index contributed by atoms with van der Waals surface area (Å²) < 4.78 is 3.63. The van der Waals surface area contributed by atoms with Crippen molar-refractivity contribution in [3.63, 3.8) is 0 Å². The van der Waals surface area contributed by atoms with Gasteiger partial charge in [0.1, 0.15) is 16.5 Å². The van der Waals surface area contributed by atoms with Gasteiger partial charge in [0.25, 0.3) is 5.91 Å². The fourth-order valence-corrected chi connectivity index (χ4v) is 6.11. The lowest BCUT2D eigenvalue weighted by molar-refractivity contribution is -0.0637. The largest absolute Gasteiger partial charge is 0.393 e. The summed E-state index contributed by atoms with van der Waals surface area (Å²) in [5.41, 5.74) is 6.10. The van der Waals surface area contributed by atoms with Crippen molar-refractivity contribution in [2.24, 2.45) is 12.5 Å². The van der Waals surface area contributed by atoms with Crippen molar-refractivity contribution in [3.8, 4) is 22.4 Å². The number of rotatable bonds is 3. The molecular formula is C27H28ClN5O2. The second-order valence-electron chi connectivity index (χ2n) is 10.1. The molecule has 2 aliphatic rings. The monoisotopic (exact) mass is 489 g/mol. The molecule has 1 aliphatic heterocycles. The summed E-state index contributed by atoms with van der Waals surface area (Å²) in [6, 6.07) is 11.7. The van der Waals surface area contributed by atoms with Crippen LogP contribution in [0.2, 0.25) is 5.15 Å². The topological polar surface area (TPSA) is 75.7 Å². The number of carbonyl (C=O) groups is 1. The number of nitrogens with zero attached hydrogens (tertiary/aromatic N) is 5. The number of aryl methyl sites for hydroxylation is 2. The molecule has 1 aromatic carbocycles. The second kappa shape index (κ2) is 8.21. The predicted molar refractivity (Wildman–Crippen MR) is 135 cm³/mol. The predicted octanol–water partition coefficient (Wildman–Crippen LogP) is 4.74. The van der Waals surface area contributed by atoms with E-state index in [1.807, 2.05) is 66.0 Å². The number of halogens is 1. The lowest BCUT2D eigenvalue weighted by Crippen LogP contribution is -2.50. The quantitative estimate of drug-likeness (QED) is 0.451. The number of hydrogen-bond acceptors (Lipinski definition) is 4. The highest BCUT2D eigenvalue weighted by molar-refractivity contribution is 6.32. The number of carbonyl (C=O) groups excluding carboxylic acids is 1. The third kappa shape index (κ3) is 3.74. The van der Waals surface area contributed by atoms with E-state index in [4.69, 9.17) is 16.6 Å². The molecule has 1 spiro atoms. The van der Waals surface area contributed by atoms with Crippen LogP contribution in [-0.2, 0) is 7.05 Å². The lowest BCUT2D eigenvalue weighted by atomic mass is 9.61. The number of aliphatic hydroxyl groups excluding tert-OH is 1. The number of hydrogen-bond donors (Lipinski definition) is 1. The summed E-state index contributed by atoms with van der Waals surface area (Å²) in [4.78, 5) is 20.0. The molecular weight excluding hydrogens is 462 g/mol. The molecule has 35 heavy (non-hydrogen) atoms. The molecule has 180 valence electrons. The highest BCUT2D eigenvalue weighted by Crippen LogP contribution is 2.49. The number of imidazole rings is 1. The minimum Gasteiger partial charge on any atom is -0.393 e. The van der Waals surface area contributed by atoms with E-state index in [9.17, 15) is 9.90 Å². The molecule has 0 atom stereocenters. The summed E-state index contributed by atoms with van der Waals surface area (Å²) in [5, 5.41) is 14.7. The smallest absolute Gasteiger partial charge is 0.254 e. The Kier molecular flexibility index (Phi) is 5.23. The van der Waals surface area contributed by atoms with Crippen molar-refractivity contribution in [2.45, 2.75) is 38.7 Å². The van der Waals surface area contributed by atoms with E-state index in [-0.39, 0.29) is 17.4 Å². The molecule has 2 fully saturated rings. The standard InChI is InChI=1S/C27H28ClN5O2/c1-17-22(16-31(2)30-17)20-5-3-4-6-21(20)24-25(28)33-10-7-18(13-23(33)29-24)26(35)32-11-8-27(9-12-32)14-19(34)15-27/h3-7,10,13,16,19,34H,8-9,11-12,14-15H2,1-2H3. The van der Waals surface area contributed by atoms with Crippen LogP contribution in [0.4, 0.5) is 0 Å². The Hall–Kier alpha value is -3.16. The SMILES string of the molecule is Cc1nn(C)cc1-c1ccccc1-c1nc2cc(C(=O)N3CCC4(CC3)CC(O)C4)ccn2c1Cl. The number of pyridine rings is 1. The maximum atomic E-state index is 13.3. The molecule has 8 heteroatoms. The Labute approximate surface area is 209 Å². The van der Waals surface area contributed by atoms with Crippen LogP contribution < -0.4 is 0 Å². The molecule has 3 aromatic heterocycles. The third-order valence-corrected chi connectivity index (χ3v) is 8.11. The van der Waals surface area contributed by atoms with Crippen LogP contribution in [0.15, 0.2) is 48.8 Å². The van der Waals surface area contributed by atoms with E-state index in [0.717, 1.165) is 61.2 Å². The Balaban J connectivity index is 1.31. The van der Waals surface area contributed by atoms with E-state index >= 15 is 0 Å². The van der Waals surface area contributed by atoms with Gasteiger partial charge in [-0.3, -0.25) is 13.9 Å². The molecule has 6 rings (SSSR count). The van der Waals surface area contributed by atoms with Crippen LogP contribution in [0, 0.1) is 12.3 Å². The van der Waals surface area contributed by atoms with Gasteiger partial charge in [-0.1, -0.05) is 35.9 Å². The van der Waals surface area contributed by atoms with Crippen LogP contribution in [0.1, 0.15) is 41.7 Å². The molecule has 0 radical (unpaired) electrons. The molecule has 1 aliphatic carbocycles. The van der Waals surface area contributed by atoms with E-state index in [0.29, 0.717) is 22.1 Å². The van der Waals surface area contributed by atoms with Gasteiger partial charge in [-0.25, -0.2) is 4.98 Å². The minimum absolute atomic E-state index is 0.0225. The first-order chi connectivity index (χ1) is 16.8. The Bertz CT molecular complexity index is 1440. The molecule has 0 bridgehead atoms. The molecule has 7 nitrogen and oxygen atoms in total. The third-order valence-electron chi connectivity index (χ3n) is 7.75. The first-order valence-corrected chi connectivity index (χ1v) is 12.5. The van der Waals surface area contributed by atoms with E-state index in [2.05, 4.69) is 11.2 Å². The van der Waals surface area contributed by atoms with Gasteiger partial charge < -0.3 is 10.0 Å². The summed E-state index contributed by atoms with van der Waals surface area (Å²) in [5.74, 6) is 0.0225. The van der Waals surface area contributed by atoms with Crippen LogP contribution >= 0.6 is 11.6 Å². The maximum Gasteiger partial charge on any atom is 0.254 e. The molecule has 1 amide bonds. The molecule has 1 N–H and O–H groups in total. The summed E-state index contributed by atoms with van der Waals surface area (Å²) in [6.45, 7) is 3.45. The van der Waals surface area contributed by atoms with Crippen molar-refractivity contribution < 1.29 is 9.90 Å². The zero-order chi connectivity index (χ0) is 24.3. The van der Waals surface area contributed by atoms with Gasteiger partial charge in [-0.05, 0) is 55.7 Å². The first-order valence-electron chi connectivity index (χ1n) is 12.1. The normalized spacial score (nSPS) is 17.8. The van der Waals surface area contributed by atoms with Gasteiger partial charge in [0.05, 0.1) is 11.8 Å². The fraction of sp³-hybridized carbons (Fsp3) is 0.370. The zero-order valence-corrected chi connectivity index (χ0v) is 20.7. The van der Waals surface area contributed by atoms with Crippen LogP contribution in [-0.4, -0.2) is 54.3 Å². The highest BCUT2D eigenvalue weighted by Gasteiger charge is 2.45. The molecule has 1 saturated carbocycles. The minimum atomic E-state index is -0.161. The first kappa shape index (κ1) is 22.3. The molecule has 1 saturated heterocycles. The van der Waals surface area contributed by atoms with Crippen molar-refractivity contribution in [1.29, 1.82) is 0 Å². The molecule has 0 unspecified atom stereocenters. The number of aromatic nitrogens is 4. The number of piperidine rings is 1. The zero-order valence-electron chi connectivity index (χ0n) is 19.9. The van der Waals surface area contributed by atoms with E-state index in [1.54, 1.807) is 4.68 Å². The number of benzene rings is 1. The van der Waals surface area contributed by atoms with E-state index in [1.165, 1.54) is 0 Å². The Morgan fingerprint density at radius 3 is 2.49 bits per heavy atom. The average molecular weight is 490 g/mol. The van der Waals surface area contributed by atoms with Gasteiger partial charge in [0.15, 0.2) is 0 Å². The number of fused-ring (bicyclic) bond motifs is 1. The van der Waals surface area contributed by atoms with E-state index < -0.39 is 0 Å². The van der Waals surface area contributed by atoms with Crippen LogP contribution in [0.25, 0.3) is 28.0 Å². The number of aliphatic hydroxyl groups is 1. The van der Waals surface area contributed by atoms with Gasteiger partial charge in [-0.2, -0.15) is 5.10 Å². The fourth-order valence-electron chi connectivity index (χ4n) is 5.82. The van der Waals surface area contributed by atoms with Crippen molar-refractivity contribution in [1.82, 2.24) is 24.1 Å². The Morgan fingerprint density at radius 1 is 1.11 bits per heavy atom. The molecule has 4 aromatic rings. The summed E-state index contributed by atoms with van der Waals surface area (Å²) >= 11 is 6.81. The second-order valence-corrected chi connectivity index (χ2v) is 10.5. The van der Waals surface area contributed by atoms with Crippen LogP contribution in [0.5, 0.6) is 0 Å². The van der Waals surface area contributed by atoms with Crippen molar-refractivity contribution in [3.05, 3.63) is 65.2 Å². The number of amides is 1. The van der Waals surface area contributed by atoms with Crippen LogP contribution in [0.3, 0.4) is 0 Å². The summed E-state index contributed by atoms with van der Waals surface area (Å²) in [7, 11) is 1.91. The lowest BCUT2D eigenvalue weighted by Gasteiger charge is -2.50.